The maximum Gasteiger partial charge on any atom is 0.336 e. The highest BCUT2D eigenvalue weighted by Crippen LogP contribution is 2.20. The Balaban J connectivity index is 1.30. The lowest BCUT2D eigenvalue weighted by atomic mass is 10.1. The first-order valence-electron chi connectivity index (χ1n) is 9.79. The SMILES string of the molecule is CC1CN(Cc2ccccc2)CC1NC(=O)COc1ccc2ccc(=O)oc2c1. The summed E-state index contributed by atoms with van der Waals surface area (Å²) in [5.41, 5.74) is 1.30. The van der Waals surface area contributed by atoms with Crippen molar-refractivity contribution in [1.82, 2.24) is 10.2 Å². The van der Waals surface area contributed by atoms with Crippen LogP contribution in [0.2, 0.25) is 0 Å². The Morgan fingerprint density at radius 3 is 2.76 bits per heavy atom. The molecule has 1 aliphatic heterocycles. The van der Waals surface area contributed by atoms with E-state index < -0.39 is 5.63 Å². The van der Waals surface area contributed by atoms with Crippen LogP contribution in [0.15, 0.2) is 69.9 Å². The molecular weight excluding hydrogens is 368 g/mol. The summed E-state index contributed by atoms with van der Waals surface area (Å²) in [6.07, 6.45) is 0. The van der Waals surface area contributed by atoms with Gasteiger partial charge in [0.05, 0.1) is 0 Å². The van der Waals surface area contributed by atoms with Gasteiger partial charge in [-0.15, -0.1) is 0 Å². The zero-order valence-electron chi connectivity index (χ0n) is 16.3. The van der Waals surface area contributed by atoms with Gasteiger partial charge in [0.15, 0.2) is 6.61 Å². The lowest BCUT2D eigenvalue weighted by molar-refractivity contribution is -0.123. The fourth-order valence-corrected chi connectivity index (χ4v) is 3.75. The van der Waals surface area contributed by atoms with Crippen molar-refractivity contribution in [3.05, 3.63) is 76.6 Å². The van der Waals surface area contributed by atoms with E-state index in [1.807, 2.05) is 18.2 Å². The van der Waals surface area contributed by atoms with E-state index in [1.54, 1.807) is 24.3 Å². The van der Waals surface area contributed by atoms with Gasteiger partial charge >= 0.3 is 5.63 Å². The maximum atomic E-state index is 12.4. The molecule has 0 aliphatic carbocycles. The van der Waals surface area contributed by atoms with Crippen LogP contribution in [0.25, 0.3) is 11.0 Å². The van der Waals surface area contributed by atoms with Crippen LogP contribution in [0.1, 0.15) is 12.5 Å². The van der Waals surface area contributed by atoms with E-state index in [0.717, 1.165) is 25.0 Å². The summed E-state index contributed by atoms with van der Waals surface area (Å²) >= 11 is 0. The Morgan fingerprint density at radius 2 is 1.93 bits per heavy atom. The van der Waals surface area contributed by atoms with Crippen LogP contribution in [0.3, 0.4) is 0 Å². The van der Waals surface area contributed by atoms with E-state index in [1.165, 1.54) is 11.6 Å². The number of rotatable bonds is 6. The number of nitrogens with one attached hydrogen (secondary N) is 1. The van der Waals surface area contributed by atoms with Crippen molar-refractivity contribution in [2.45, 2.75) is 19.5 Å². The minimum Gasteiger partial charge on any atom is -0.484 e. The van der Waals surface area contributed by atoms with Gasteiger partial charge in [-0.2, -0.15) is 0 Å². The van der Waals surface area contributed by atoms with Crippen molar-refractivity contribution in [3.8, 4) is 5.75 Å². The molecule has 150 valence electrons. The molecule has 2 atom stereocenters. The van der Waals surface area contributed by atoms with Gasteiger partial charge in [0.25, 0.3) is 5.91 Å². The van der Waals surface area contributed by atoms with Crippen LogP contribution in [0, 0.1) is 5.92 Å². The quantitative estimate of drug-likeness (QED) is 0.653. The number of nitrogens with zero attached hydrogens (tertiary/aromatic N) is 1. The number of hydrogen-bond acceptors (Lipinski definition) is 5. The molecule has 0 spiro atoms. The molecule has 6 heteroatoms. The van der Waals surface area contributed by atoms with Gasteiger partial charge in [0.1, 0.15) is 11.3 Å². The zero-order valence-corrected chi connectivity index (χ0v) is 16.3. The van der Waals surface area contributed by atoms with E-state index in [4.69, 9.17) is 9.15 Å². The summed E-state index contributed by atoms with van der Waals surface area (Å²) in [5, 5.41) is 3.89. The number of ether oxygens (including phenoxy) is 1. The zero-order chi connectivity index (χ0) is 20.2. The molecule has 0 radical (unpaired) electrons. The van der Waals surface area contributed by atoms with E-state index in [0.29, 0.717) is 17.3 Å². The van der Waals surface area contributed by atoms with Crippen LogP contribution < -0.4 is 15.7 Å². The van der Waals surface area contributed by atoms with Crippen LogP contribution in [-0.2, 0) is 11.3 Å². The number of likely N-dealkylation sites (tertiary alicyclic amines) is 1. The molecule has 1 aliphatic rings. The Hall–Kier alpha value is -3.12. The lowest BCUT2D eigenvalue weighted by Gasteiger charge is -2.17. The Kier molecular flexibility index (Phi) is 5.62. The van der Waals surface area contributed by atoms with E-state index in [2.05, 4.69) is 29.3 Å². The number of carbonyl (C=O) groups excluding carboxylic acids is 1. The number of fused-ring (bicyclic) bond motifs is 1. The molecule has 1 saturated heterocycles. The van der Waals surface area contributed by atoms with E-state index in [9.17, 15) is 9.59 Å². The monoisotopic (exact) mass is 392 g/mol. The molecule has 0 bridgehead atoms. The Morgan fingerprint density at radius 1 is 1.14 bits per heavy atom. The topological polar surface area (TPSA) is 71.8 Å². The third-order valence-corrected chi connectivity index (χ3v) is 5.25. The van der Waals surface area contributed by atoms with Crippen molar-refractivity contribution in [2.75, 3.05) is 19.7 Å². The summed E-state index contributed by atoms with van der Waals surface area (Å²) in [7, 11) is 0. The second kappa shape index (κ2) is 8.49. The first-order valence-corrected chi connectivity index (χ1v) is 9.79. The van der Waals surface area contributed by atoms with Crippen LogP contribution >= 0.6 is 0 Å². The Labute approximate surface area is 169 Å². The lowest BCUT2D eigenvalue weighted by Crippen LogP contribution is -2.42. The minimum absolute atomic E-state index is 0.0789. The second-order valence-corrected chi connectivity index (χ2v) is 7.57. The molecule has 6 nitrogen and oxygen atoms in total. The van der Waals surface area contributed by atoms with E-state index >= 15 is 0 Å². The van der Waals surface area contributed by atoms with Crippen LogP contribution in [0.4, 0.5) is 0 Å². The van der Waals surface area contributed by atoms with Crippen LogP contribution in [-0.4, -0.2) is 36.5 Å². The van der Waals surface area contributed by atoms with Crippen LogP contribution in [0.5, 0.6) is 5.75 Å². The number of benzene rings is 2. The molecule has 29 heavy (non-hydrogen) atoms. The molecule has 4 rings (SSSR count). The smallest absolute Gasteiger partial charge is 0.336 e. The van der Waals surface area contributed by atoms with E-state index in [-0.39, 0.29) is 18.6 Å². The highest BCUT2D eigenvalue weighted by Gasteiger charge is 2.30. The summed E-state index contributed by atoms with van der Waals surface area (Å²) in [5.74, 6) is 0.711. The first kappa shape index (κ1) is 19.2. The standard InChI is InChI=1S/C23H24N2O4/c1-16-12-25(13-17-5-3-2-4-6-17)14-20(16)24-22(26)15-28-19-9-7-18-8-10-23(27)29-21(18)11-19/h2-11,16,20H,12-15H2,1H3,(H,24,26). The average Bonchev–Trinajstić information content (AvgIpc) is 3.05. The predicted molar refractivity (Wildman–Crippen MR) is 111 cm³/mol. The van der Waals surface area contributed by atoms with Gasteiger partial charge in [-0.05, 0) is 29.7 Å². The second-order valence-electron chi connectivity index (χ2n) is 7.57. The third-order valence-electron chi connectivity index (χ3n) is 5.25. The van der Waals surface area contributed by atoms with Crippen molar-refractivity contribution in [3.63, 3.8) is 0 Å². The highest BCUT2D eigenvalue weighted by molar-refractivity contribution is 5.79. The molecule has 2 aromatic carbocycles. The van der Waals surface area contributed by atoms with Gasteiger partial charge in [0.2, 0.25) is 0 Å². The van der Waals surface area contributed by atoms with Gasteiger partial charge in [0, 0.05) is 43.2 Å². The van der Waals surface area contributed by atoms with Crippen molar-refractivity contribution >= 4 is 16.9 Å². The van der Waals surface area contributed by atoms with Crippen molar-refractivity contribution in [1.29, 1.82) is 0 Å². The largest absolute Gasteiger partial charge is 0.484 e. The molecule has 2 heterocycles. The van der Waals surface area contributed by atoms with Crippen molar-refractivity contribution < 1.29 is 13.9 Å². The fraction of sp³-hybridized carbons (Fsp3) is 0.304. The fourth-order valence-electron chi connectivity index (χ4n) is 3.75. The van der Waals surface area contributed by atoms with Gasteiger partial charge in [-0.1, -0.05) is 37.3 Å². The molecular formula is C23H24N2O4. The average molecular weight is 392 g/mol. The first-order chi connectivity index (χ1) is 14.1. The summed E-state index contributed by atoms with van der Waals surface area (Å²) in [6.45, 7) is 4.73. The number of amides is 1. The molecule has 1 amide bonds. The summed E-state index contributed by atoms with van der Waals surface area (Å²) in [4.78, 5) is 26.1. The summed E-state index contributed by atoms with van der Waals surface area (Å²) < 4.78 is 10.7. The Bertz CT molecular complexity index is 1050. The van der Waals surface area contributed by atoms with Gasteiger partial charge in [-0.3, -0.25) is 9.69 Å². The summed E-state index contributed by atoms with van der Waals surface area (Å²) in [6, 6.07) is 18.7. The molecule has 1 N–H and O–H groups in total. The molecule has 0 saturated carbocycles. The van der Waals surface area contributed by atoms with Gasteiger partial charge < -0.3 is 14.5 Å². The molecule has 3 aromatic rings. The molecule has 1 fully saturated rings. The molecule has 2 unspecified atom stereocenters. The normalized spacial score (nSPS) is 19.3. The highest BCUT2D eigenvalue weighted by atomic mass is 16.5. The minimum atomic E-state index is -0.414. The maximum absolute atomic E-state index is 12.4. The predicted octanol–water partition coefficient (Wildman–Crippen LogP) is 2.81. The number of carbonyl (C=O) groups is 1. The number of hydrogen-bond donors (Lipinski definition) is 1. The third kappa shape index (κ3) is 4.84. The van der Waals surface area contributed by atoms with Gasteiger partial charge in [-0.25, -0.2) is 4.79 Å². The van der Waals surface area contributed by atoms with Crippen molar-refractivity contribution in [2.24, 2.45) is 5.92 Å². The molecule has 1 aromatic heterocycles.